The van der Waals surface area contributed by atoms with E-state index in [4.69, 9.17) is 4.52 Å². The summed E-state index contributed by atoms with van der Waals surface area (Å²) in [5, 5.41) is 7.73. The van der Waals surface area contributed by atoms with E-state index < -0.39 is 10.0 Å². The predicted octanol–water partition coefficient (Wildman–Crippen LogP) is 0.815. The first-order valence-electron chi connectivity index (χ1n) is 7.07. The number of rotatable bonds is 4. The van der Waals surface area contributed by atoms with Gasteiger partial charge >= 0.3 is 0 Å². The molecule has 1 atom stereocenters. The van der Waals surface area contributed by atoms with Gasteiger partial charge in [0, 0.05) is 12.6 Å². The molecule has 0 saturated carbocycles. The molecule has 0 bridgehead atoms. The first kappa shape index (κ1) is 14.4. The highest BCUT2D eigenvalue weighted by molar-refractivity contribution is 7.89. The van der Waals surface area contributed by atoms with Crippen molar-refractivity contribution in [3.63, 3.8) is 0 Å². The number of pyridine rings is 1. The number of fused-ring (bicyclic) bond motifs is 1. The highest BCUT2D eigenvalue weighted by Gasteiger charge is 2.23. The van der Waals surface area contributed by atoms with Crippen LogP contribution in [-0.4, -0.2) is 37.7 Å². The van der Waals surface area contributed by atoms with Crippen molar-refractivity contribution >= 4 is 21.1 Å². The summed E-state index contributed by atoms with van der Waals surface area (Å²) in [7, 11) is -3.58. The number of sulfonamides is 1. The lowest BCUT2D eigenvalue weighted by Crippen LogP contribution is -2.45. The van der Waals surface area contributed by atoms with E-state index in [0.29, 0.717) is 29.8 Å². The van der Waals surface area contributed by atoms with Crippen LogP contribution in [0.5, 0.6) is 0 Å². The van der Waals surface area contributed by atoms with Gasteiger partial charge in [-0.3, -0.25) is 0 Å². The van der Waals surface area contributed by atoms with Crippen LogP contribution in [-0.2, 0) is 16.4 Å². The highest BCUT2D eigenvalue weighted by Crippen LogP contribution is 2.21. The fraction of sp³-hybridized carbons (Fsp3) is 0.538. The Labute approximate surface area is 123 Å². The van der Waals surface area contributed by atoms with E-state index in [1.54, 1.807) is 6.07 Å². The van der Waals surface area contributed by atoms with Gasteiger partial charge in [0.2, 0.25) is 10.0 Å². The number of aromatic nitrogens is 2. The van der Waals surface area contributed by atoms with Gasteiger partial charge < -0.3 is 9.84 Å². The van der Waals surface area contributed by atoms with Crippen molar-refractivity contribution in [1.29, 1.82) is 0 Å². The Morgan fingerprint density at radius 3 is 3.10 bits per heavy atom. The average molecular weight is 310 g/mol. The number of hydrogen-bond donors (Lipinski definition) is 2. The van der Waals surface area contributed by atoms with E-state index in [2.05, 4.69) is 20.2 Å². The van der Waals surface area contributed by atoms with Crippen LogP contribution in [0.2, 0.25) is 0 Å². The zero-order valence-corrected chi connectivity index (χ0v) is 12.6. The zero-order valence-electron chi connectivity index (χ0n) is 11.8. The summed E-state index contributed by atoms with van der Waals surface area (Å²) in [6.07, 6.45) is 3.79. The molecular weight excluding hydrogens is 292 g/mol. The number of aryl methyl sites for hydroxylation is 1. The Balaban J connectivity index is 1.90. The Morgan fingerprint density at radius 2 is 2.38 bits per heavy atom. The van der Waals surface area contributed by atoms with Crippen LogP contribution >= 0.6 is 0 Å². The molecule has 1 fully saturated rings. The molecule has 0 spiro atoms. The number of nitrogens with one attached hydrogen (secondary N) is 2. The van der Waals surface area contributed by atoms with E-state index in [9.17, 15) is 8.42 Å². The summed E-state index contributed by atoms with van der Waals surface area (Å²) in [5.41, 5.74) is 1.08. The maximum Gasteiger partial charge on any atom is 0.258 e. The number of nitrogens with zero attached hydrogens (tertiary/aromatic N) is 2. The van der Waals surface area contributed by atoms with Crippen molar-refractivity contribution in [2.45, 2.75) is 37.1 Å². The third kappa shape index (κ3) is 2.92. The minimum absolute atomic E-state index is 0.0763. The topological polar surface area (TPSA) is 97.1 Å². The standard InChI is InChI=1S/C13H18N4O3S/c1-2-12-11-6-10(8-15-13(11)20-16-12)21(18,19)17-9-4-3-5-14-7-9/h6,8-9,14,17H,2-5,7H2,1H3/t9-/m1/s1. The second kappa shape index (κ2) is 5.70. The SMILES string of the molecule is CCc1noc2ncc(S(=O)(=O)N[C@@H]3CCCNC3)cc12. The molecule has 1 saturated heterocycles. The summed E-state index contributed by atoms with van der Waals surface area (Å²) < 4.78 is 32.7. The van der Waals surface area contributed by atoms with Gasteiger partial charge in [-0.05, 0) is 31.9 Å². The molecule has 2 aromatic heterocycles. The monoisotopic (exact) mass is 310 g/mol. The van der Waals surface area contributed by atoms with Crippen LogP contribution < -0.4 is 10.0 Å². The number of hydrogen-bond acceptors (Lipinski definition) is 6. The average Bonchev–Trinajstić information content (AvgIpc) is 2.90. The van der Waals surface area contributed by atoms with E-state index in [1.807, 2.05) is 6.92 Å². The third-order valence-corrected chi connectivity index (χ3v) is 5.13. The fourth-order valence-electron chi connectivity index (χ4n) is 2.50. The molecular formula is C13H18N4O3S. The molecule has 3 heterocycles. The molecule has 2 aromatic rings. The number of piperidine rings is 1. The Hall–Kier alpha value is -1.51. The van der Waals surface area contributed by atoms with Gasteiger partial charge in [0.25, 0.3) is 5.71 Å². The maximum atomic E-state index is 12.4. The van der Waals surface area contributed by atoms with Crippen LogP contribution in [0.1, 0.15) is 25.5 Å². The summed E-state index contributed by atoms with van der Waals surface area (Å²) in [4.78, 5) is 4.20. The van der Waals surface area contributed by atoms with Gasteiger partial charge in [-0.1, -0.05) is 12.1 Å². The van der Waals surface area contributed by atoms with Crippen molar-refractivity contribution in [3.05, 3.63) is 18.0 Å². The Bertz CT molecular complexity index is 735. The normalized spacial score (nSPS) is 20.0. The van der Waals surface area contributed by atoms with Crippen LogP contribution in [0.3, 0.4) is 0 Å². The molecule has 3 rings (SSSR count). The molecule has 2 N–H and O–H groups in total. The van der Waals surface area contributed by atoms with Crippen LogP contribution in [0, 0.1) is 0 Å². The molecule has 0 amide bonds. The second-order valence-corrected chi connectivity index (χ2v) is 6.89. The van der Waals surface area contributed by atoms with Crippen LogP contribution in [0.4, 0.5) is 0 Å². The van der Waals surface area contributed by atoms with E-state index >= 15 is 0 Å². The summed E-state index contributed by atoms with van der Waals surface area (Å²) in [6.45, 7) is 3.53. The van der Waals surface area contributed by atoms with Gasteiger partial charge in [0.05, 0.1) is 17.3 Å². The van der Waals surface area contributed by atoms with E-state index in [1.165, 1.54) is 6.20 Å². The van der Waals surface area contributed by atoms with Gasteiger partial charge in [-0.2, -0.15) is 0 Å². The van der Waals surface area contributed by atoms with Crippen molar-refractivity contribution in [1.82, 2.24) is 20.2 Å². The second-order valence-electron chi connectivity index (χ2n) is 5.17. The van der Waals surface area contributed by atoms with Crippen LogP contribution in [0.25, 0.3) is 11.1 Å². The van der Waals surface area contributed by atoms with Crippen molar-refractivity contribution in [2.24, 2.45) is 0 Å². The zero-order chi connectivity index (χ0) is 14.9. The van der Waals surface area contributed by atoms with Gasteiger partial charge in [0.1, 0.15) is 4.90 Å². The first-order valence-corrected chi connectivity index (χ1v) is 8.56. The Kier molecular flexibility index (Phi) is 3.92. The molecule has 8 heteroatoms. The molecule has 0 aromatic carbocycles. The minimum atomic E-state index is -3.58. The molecule has 21 heavy (non-hydrogen) atoms. The lowest BCUT2D eigenvalue weighted by Gasteiger charge is -2.23. The van der Waals surface area contributed by atoms with Gasteiger partial charge in [0.15, 0.2) is 0 Å². The van der Waals surface area contributed by atoms with Crippen molar-refractivity contribution in [3.8, 4) is 0 Å². The molecule has 114 valence electrons. The highest BCUT2D eigenvalue weighted by atomic mass is 32.2. The van der Waals surface area contributed by atoms with Crippen LogP contribution in [0.15, 0.2) is 21.7 Å². The molecule has 1 aliphatic heterocycles. The van der Waals surface area contributed by atoms with Crippen molar-refractivity contribution < 1.29 is 12.9 Å². The fourth-order valence-corrected chi connectivity index (χ4v) is 3.74. The largest absolute Gasteiger partial charge is 0.336 e. The maximum absolute atomic E-state index is 12.4. The summed E-state index contributed by atoms with van der Waals surface area (Å²) in [6, 6.07) is 1.50. The molecule has 0 unspecified atom stereocenters. The third-order valence-electron chi connectivity index (χ3n) is 3.64. The first-order chi connectivity index (χ1) is 10.1. The van der Waals surface area contributed by atoms with E-state index in [-0.39, 0.29) is 10.9 Å². The molecule has 0 aliphatic carbocycles. The minimum Gasteiger partial charge on any atom is -0.336 e. The van der Waals surface area contributed by atoms with Crippen molar-refractivity contribution in [2.75, 3.05) is 13.1 Å². The summed E-state index contributed by atoms with van der Waals surface area (Å²) in [5.74, 6) is 0. The lowest BCUT2D eigenvalue weighted by molar-refractivity contribution is 0.428. The smallest absolute Gasteiger partial charge is 0.258 e. The predicted molar refractivity (Wildman–Crippen MR) is 77.4 cm³/mol. The quantitative estimate of drug-likeness (QED) is 0.867. The molecule has 1 aliphatic rings. The van der Waals surface area contributed by atoms with E-state index in [0.717, 1.165) is 19.4 Å². The lowest BCUT2D eigenvalue weighted by atomic mass is 10.1. The van der Waals surface area contributed by atoms with Gasteiger partial charge in [-0.15, -0.1) is 0 Å². The van der Waals surface area contributed by atoms with Gasteiger partial charge in [-0.25, -0.2) is 18.1 Å². The Morgan fingerprint density at radius 1 is 1.52 bits per heavy atom. The molecule has 7 nitrogen and oxygen atoms in total. The summed E-state index contributed by atoms with van der Waals surface area (Å²) >= 11 is 0. The molecule has 0 radical (unpaired) electrons.